The van der Waals surface area contributed by atoms with Gasteiger partial charge in [-0.1, -0.05) is 37.6 Å². The molecule has 0 unspecified atom stereocenters. The number of thioether (sulfide) groups is 1. The molecule has 0 saturated carbocycles. The molecule has 32 heavy (non-hydrogen) atoms. The Morgan fingerprint density at radius 2 is 1.84 bits per heavy atom. The van der Waals surface area contributed by atoms with Gasteiger partial charge < -0.3 is 15.0 Å². The minimum atomic E-state index is -0.525. The molecule has 0 saturated heterocycles. The van der Waals surface area contributed by atoms with E-state index in [9.17, 15) is 9.59 Å². The smallest absolute Gasteiger partial charge is 0.243 e. The number of carbonyl (C=O) groups is 2. The Morgan fingerprint density at radius 3 is 2.47 bits per heavy atom. The highest BCUT2D eigenvalue weighted by Crippen LogP contribution is 2.23. The van der Waals surface area contributed by atoms with Crippen molar-refractivity contribution in [2.75, 3.05) is 12.9 Å². The highest BCUT2D eigenvalue weighted by atomic mass is 35.5. The van der Waals surface area contributed by atoms with Crippen molar-refractivity contribution in [3.05, 3.63) is 59.1 Å². The van der Waals surface area contributed by atoms with E-state index in [0.29, 0.717) is 30.2 Å². The van der Waals surface area contributed by atoms with Crippen molar-refractivity contribution in [1.29, 1.82) is 0 Å². The van der Waals surface area contributed by atoms with Crippen LogP contribution in [0.15, 0.2) is 53.4 Å². The van der Waals surface area contributed by atoms with Crippen LogP contribution in [-0.4, -0.2) is 41.7 Å². The Morgan fingerprint density at radius 1 is 1.12 bits per heavy atom. The van der Waals surface area contributed by atoms with Gasteiger partial charge in [-0.25, -0.2) is 0 Å². The van der Waals surface area contributed by atoms with E-state index in [2.05, 4.69) is 5.32 Å². The fraction of sp³-hybridized carbons (Fsp3) is 0.440. The van der Waals surface area contributed by atoms with E-state index >= 15 is 0 Å². The highest BCUT2D eigenvalue weighted by Gasteiger charge is 2.29. The minimum absolute atomic E-state index is 0.0413. The Balaban J connectivity index is 2.15. The van der Waals surface area contributed by atoms with Crippen molar-refractivity contribution in [1.82, 2.24) is 10.2 Å². The van der Waals surface area contributed by atoms with E-state index in [-0.39, 0.29) is 17.9 Å². The first-order valence-electron chi connectivity index (χ1n) is 11.0. The molecule has 0 fully saturated rings. The van der Waals surface area contributed by atoms with Crippen LogP contribution in [0.2, 0.25) is 5.02 Å². The molecule has 2 atom stereocenters. The maximum atomic E-state index is 13.3. The molecule has 0 bridgehead atoms. The second kappa shape index (κ2) is 13.4. The number of benzene rings is 2. The number of methoxy groups -OCH3 is 1. The van der Waals surface area contributed by atoms with Gasteiger partial charge in [0.1, 0.15) is 11.8 Å². The predicted molar refractivity (Wildman–Crippen MR) is 132 cm³/mol. The van der Waals surface area contributed by atoms with Crippen LogP contribution in [0.3, 0.4) is 0 Å². The minimum Gasteiger partial charge on any atom is -0.497 e. The van der Waals surface area contributed by atoms with Crippen LogP contribution in [0.4, 0.5) is 0 Å². The zero-order chi connectivity index (χ0) is 23.5. The van der Waals surface area contributed by atoms with Crippen LogP contribution in [0.25, 0.3) is 0 Å². The fourth-order valence-electron chi connectivity index (χ4n) is 3.26. The molecular formula is C25H33ClN2O3S. The monoisotopic (exact) mass is 476 g/mol. The van der Waals surface area contributed by atoms with Gasteiger partial charge in [0.15, 0.2) is 0 Å². The third-order valence-corrected chi connectivity index (χ3v) is 6.54. The van der Waals surface area contributed by atoms with Crippen molar-refractivity contribution in [3.8, 4) is 5.75 Å². The quantitative estimate of drug-likeness (QED) is 0.408. The van der Waals surface area contributed by atoms with Crippen molar-refractivity contribution >= 4 is 35.2 Å². The Labute approximate surface area is 200 Å². The molecular weight excluding hydrogens is 444 g/mol. The summed E-state index contributed by atoms with van der Waals surface area (Å²) in [6, 6.07) is 14.7. The van der Waals surface area contributed by atoms with Gasteiger partial charge in [0.2, 0.25) is 11.8 Å². The summed E-state index contributed by atoms with van der Waals surface area (Å²) in [6.07, 6.45) is 1.72. The molecule has 2 aromatic carbocycles. The van der Waals surface area contributed by atoms with Crippen molar-refractivity contribution in [3.63, 3.8) is 0 Å². The molecule has 174 valence electrons. The number of hydrogen-bond acceptors (Lipinski definition) is 4. The maximum Gasteiger partial charge on any atom is 0.243 e. The second-order valence-corrected chi connectivity index (χ2v) is 9.27. The maximum absolute atomic E-state index is 13.3. The Hall–Kier alpha value is -2.18. The van der Waals surface area contributed by atoms with Crippen LogP contribution in [0, 0.1) is 0 Å². The lowest BCUT2D eigenvalue weighted by atomic mass is 10.1. The summed E-state index contributed by atoms with van der Waals surface area (Å²) in [5.41, 5.74) is 0.929. The zero-order valence-corrected chi connectivity index (χ0v) is 20.8. The van der Waals surface area contributed by atoms with E-state index in [1.54, 1.807) is 23.8 Å². The molecule has 0 aliphatic heterocycles. The van der Waals surface area contributed by atoms with Crippen LogP contribution in [0.5, 0.6) is 5.75 Å². The van der Waals surface area contributed by atoms with Gasteiger partial charge in [-0.15, -0.1) is 11.8 Å². The summed E-state index contributed by atoms with van der Waals surface area (Å²) >= 11 is 7.55. The molecule has 7 heteroatoms. The van der Waals surface area contributed by atoms with Gasteiger partial charge in [0.25, 0.3) is 0 Å². The normalized spacial score (nSPS) is 12.7. The van der Waals surface area contributed by atoms with E-state index < -0.39 is 6.04 Å². The molecule has 0 aliphatic carbocycles. The average Bonchev–Trinajstić information content (AvgIpc) is 2.80. The lowest BCUT2D eigenvalue weighted by molar-refractivity contribution is -0.141. The summed E-state index contributed by atoms with van der Waals surface area (Å²) < 4.78 is 5.33. The molecule has 0 spiro atoms. The van der Waals surface area contributed by atoms with Crippen molar-refractivity contribution < 1.29 is 14.3 Å². The summed E-state index contributed by atoms with van der Waals surface area (Å²) in [4.78, 5) is 29.0. The molecule has 5 nitrogen and oxygen atoms in total. The first-order chi connectivity index (χ1) is 15.4. The number of nitrogens with zero attached hydrogens (tertiary/aromatic N) is 1. The van der Waals surface area contributed by atoms with E-state index in [1.807, 2.05) is 69.3 Å². The van der Waals surface area contributed by atoms with E-state index in [0.717, 1.165) is 22.6 Å². The average molecular weight is 477 g/mol. The van der Waals surface area contributed by atoms with Gasteiger partial charge in [-0.05, 0) is 61.7 Å². The van der Waals surface area contributed by atoms with Crippen LogP contribution in [-0.2, 0) is 16.1 Å². The van der Waals surface area contributed by atoms with Crippen LogP contribution >= 0.6 is 23.4 Å². The molecule has 2 amide bonds. The molecule has 2 aromatic rings. The van der Waals surface area contributed by atoms with Crippen LogP contribution < -0.4 is 10.1 Å². The first-order valence-corrected chi connectivity index (χ1v) is 12.3. The third kappa shape index (κ3) is 8.06. The Bertz CT molecular complexity index is 876. The van der Waals surface area contributed by atoms with Gasteiger partial charge in [0, 0.05) is 34.7 Å². The first kappa shape index (κ1) is 26.1. The van der Waals surface area contributed by atoms with Crippen molar-refractivity contribution in [2.45, 2.75) is 63.6 Å². The molecule has 0 radical (unpaired) electrons. The number of nitrogens with one attached hydrogen (secondary N) is 1. The van der Waals surface area contributed by atoms with Gasteiger partial charge in [-0.2, -0.15) is 0 Å². The number of hydrogen-bond donors (Lipinski definition) is 1. The topological polar surface area (TPSA) is 58.6 Å². The fourth-order valence-corrected chi connectivity index (χ4v) is 4.23. The molecule has 1 N–H and O–H groups in total. The van der Waals surface area contributed by atoms with Crippen LogP contribution in [0.1, 0.15) is 45.6 Å². The van der Waals surface area contributed by atoms with E-state index in [4.69, 9.17) is 16.3 Å². The standard InChI is InChI=1S/C25H33ClN2O3S/c1-5-18(3)27-25(30)23(6-2)28(17-19-8-7-9-21(16-19)31-4)24(29)14-15-32-22-12-10-20(26)11-13-22/h7-13,16,18,23H,5-6,14-15,17H2,1-4H3,(H,27,30)/t18-,23+/m1/s1. The Kier molecular flexibility index (Phi) is 10.9. The van der Waals surface area contributed by atoms with Gasteiger partial charge in [0.05, 0.1) is 7.11 Å². The third-order valence-electron chi connectivity index (χ3n) is 5.27. The predicted octanol–water partition coefficient (Wildman–Crippen LogP) is 5.55. The molecule has 0 aliphatic rings. The summed E-state index contributed by atoms with van der Waals surface area (Å²) in [7, 11) is 1.62. The number of carbonyl (C=O) groups excluding carboxylic acids is 2. The largest absolute Gasteiger partial charge is 0.497 e. The lowest BCUT2D eigenvalue weighted by Gasteiger charge is -2.31. The van der Waals surface area contributed by atoms with E-state index in [1.165, 1.54) is 0 Å². The van der Waals surface area contributed by atoms with Gasteiger partial charge >= 0.3 is 0 Å². The molecule has 2 rings (SSSR count). The zero-order valence-electron chi connectivity index (χ0n) is 19.3. The number of amides is 2. The molecule has 0 aromatic heterocycles. The van der Waals surface area contributed by atoms with Crippen molar-refractivity contribution in [2.24, 2.45) is 0 Å². The SMILES string of the molecule is CC[C@@H](C)NC(=O)[C@H](CC)N(Cc1cccc(OC)c1)C(=O)CCSc1ccc(Cl)cc1. The summed E-state index contributed by atoms with van der Waals surface area (Å²) in [5.74, 6) is 1.20. The highest BCUT2D eigenvalue weighted by molar-refractivity contribution is 7.99. The number of ether oxygens (including phenoxy) is 1. The second-order valence-electron chi connectivity index (χ2n) is 7.67. The number of rotatable bonds is 12. The molecule has 0 heterocycles. The lowest BCUT2D eigenvalue weighted by Crippen LogP contribution is -2.50. The van der Waals surface area contributed by atoms with Gasteiger partial charge in [-0.3, -0.25) is 9.59 Å². The summed E-state index contributed by atoms with van der Waals surface area (Å²) in [6.45, 7) is 6.30. The number of halogens is 1. The summed E-state index contributed by atoms with van der Waals surface area (Å²) in [5, 5.41) is 3.72.